The first-order chi connectivity index (χ1) is 10.1. The number of para-hydroxylation sites is 1. The third kappa shape index (κ3) is 2.74. The first-order valence-corrected chi connectivity index (χ1v) is 7.19. The molecule has 1 aliphatic rings. The summed E-state index contributed by atoms with van der Waals surface area (Å²) in [5.74, 6) is 0.400. The van der Waals surface area contributed by atoms with E-state index in [1.807, 2.05) is 18.2 Å². The molecule has 0 spiro atoms. The Labute approximate surface area is 122 Å². The smallest absolute Gasteiger partial charge is 0.336 e. The fourth-order valence-corrected chi connectivity index (χ4v) is 2.69. The van der Waals surface area contributed by atoms with Crippen molar-refractivity contribution in [2.45, 2.75) is 19.8 Å². The molecule has 0 bridgehead atoms. The highest BCUT2D eigenvalue weighted by molar-refractivity contribution is 5.90. The number of rotatable bonds is 2. The average molecular weight is 286 g/mol. The predicted octanol–water partition coefficient (Wildman–Crippen LogP) is 1.43. The molecule has 6 nitrogen and oxygen atoms in total. The molecular formula is C15H18N4O2. The molecule has 0 radical (unpaired) electrons. The van der Waals surface area contributed by atoms with Crippen LogP contribution in [0.5, 0.6) is 0 Å². The number of nitrogens with one attached hydrogen (secondary N) is 1. The van der Waals surface area contributed by atoms with Crippen molar-refractivity contribution in [2.24, 2.45) is 5.92 Å². The van der Waals surface area contributed by atoms with Crippen LogP contribution in [0.15, 0.2) is 35.1 Å². The normalized spacial score (nSPS) is 18.7. The standard InChI is InChI=1S/C15H18N4O2/c1-11-6-5-9-18(10-11)14(20)13-16-15(21)19(17-13)12-7-3-2-4-8-12/h2-4,7-8,11H,5-6,9-10H2,1H3,(H,16,17,21). The Hall–Kier alpha value is -2.37. The van der Waals surface area contributed by atoms with Crippen molar-refractivity contribution >= 4 is 5.91 Å². The van der Waals surface area contributed by atoms with Gasteiger partial charge in [-0.05, 0) is 30.9 Å². The molecule has 6 heteroatoms. The molecule has 1 N–H and O–H groups in total. The molecule has 110 valence electrons. The van der Waals surface area contributed by atoms with E-state index in [0.717, 1.165) is 25.9 Å². The number of piperidine rings is 1. The molecule has 1 unspecified atom stereocenters. The summed E-state index contributed by atoms with van der Waals surface area (Å²) in [5, 5.41) is 4.14. The zero-order valence-corrected chi connectivity index (χ0v) is 12.0. The van der Waals surface area contributed by atoms with Crippen molar-refractivity contribution in [1.82, 2.24) is 19.7 Å². The maximum atomic E-state index is 12.4. The maximum Gasteiger partial charge on any atom is 0.348 e. The second kappa shape index (κ2) is 5.55. The number of likely N-dealkylation sites (tertiary alicyclic amines) is 1. The maximum absolute atomic E-state index is 12.4. The molecule has 1 atom stereocenters. The van der Waals surface area contributed by atoms with Crippen LogP contribution in [0, 0.1) is 5.92 Å². The number of aromatic nitrogens is 3. The molecule has 0 saturated carbocycles. The number of hydrogen-bond donors (Lipinski definition) is 1. The largest absolute Gasteiger partial charge is 0.348 e. The predicted molar refractivity (Wildman–Crippen MR) is 78.5 cm³/mol. The Morgan fingerprint density at radius 2 is 2.10 bits per heavy atom. The van der Waals surface area contributed by atoms with Crippen molar-refractivity contribution in [2.75, 3.05) is 13.1 Å². The van der Waals surface area contributed by atoms with Crippen LogP contribution in [0.2, 0.25) is 0 Å². The number of aromatic amines is 1. The van der Waals surface area contributed by atoms with E-state index in [-0.39, 0.29) is 11.7 Å². The van der Waals surface area contributed by atoms with Gasteiger partial charge in [0.2, 0.25) is 5.82 Å². The van der Waals surface area contributed by atoms with Crippen LogP contribution in [0.1, 0.15) is 30.4 Å². The van der Waals surface area contributed by atoms with Gasteiger partial charge < -0.3 is 4.90 Å². The van der Waals surface area contributed by atoms with Crippen LogP contribution in [0.4, 0.5) is 0 Å². The number of carbonyl (C=O) groups is 1. The fraction of sp³-hybridized carbons (Fsp3) is 0.400. The molecule has 0 aliphatic carbocycles. The third-order valence-corrected chi connectivity index (χ3v) is 3.77. The van der Waals surface area contributed by atoms with Gasteiger partial charge in [-0.25, -0.2) is 4.79 Å². The highest BCUT2D eigenvalue weighted by Crippen LogP contribution is 2.16. The van der Waals surface area contributed by atoms with Crippen LogP contribution < -0.4 is 5.69 Å². The molecule has 1 aromatic heterocycles. The van der Waals surface area contributed by atoms with Gasteiger partial charge in [-0.3, -0.25) is 9.78 Å². The lowest BCUT2D eigenvalue weighted by Crippen LogP contribution is -2.39. The summed E-state index contributed by atoms with van der Waals surface area (Å²) in [6.45, 7) is 3.58. The number of amides is 1. The van der Waals surface area contributed by atoms with Crippen molar-refractivity contribution in [1.29, 1.82) is 0 Å². The fourth-order valence-electron chi connectivity index (χ4n) is 2.69. The Bertz CT molecular complexity index is 689. The van der Waals surface area contributed by atoms with Gasteiger partial charge in [-0.1, -0.05) is 25.1 Å². The van der Waals surface area contributed by atoms with Gasteiger partial charge in [0.15, 0.2) is 0 Å². The molecule has 1 fully saturated rings. The lowest BCUT2D eigenvalue weighted by molar-refractivity contribution is 0.0670. The van der Waals surface area contributed by atoms with E-state index in [9.17, 15) is 9.59 Å². The summed E-state index contributed by atoms with van der Waals surface area (Å²) >= 11 is 0. The van der Waals surface area contributed by atoms with E-state index in [0.29, 0.717) is 11.6 Å². The van der Waals surface area contributed by atoms with Gasteiger partial charge in [-0.2, -0.15) is 4.68 Å². The van der Waals surface area contributed by atoms with E-state index in [2.05, 4.69) is 17.0 Å². The second-order valence-electron chi connectivity index (χ2n) is 5.52. The van der Waals surface area contributed by atoms with Crippen molar-refractivity contribution in [3.8, 4) is 5.69 Å². The Morgan fingerprint density at radius 3 is 2.81 bits per heavy atom. The van der Waals surface area contributed by atoms with Crippen LogP contribution in [-0.4, -0.2) is 38.7 Å². The molecule has 1 saturated heterocycles. The lowest BCUT2D eigenvalue weighted by Gasteiger charge is -2.30. The van der Waals surface area contributed by atoms with Crippen molar-refractivity contribution in [3.63, 3.8) is 0 Å². The first-order valence-electron chi connectivity index (χ1n) is 7.19. The van der Waals surface area contributed by atoms with E-state index in [1.54, 1.807) is 17.0 Å². The Balaban J connectivity index is 1.87. The van der Waals surface area contributed by atoms with E-state index < -0.39 is 5.69 Å². The molecule has 1 aromatic carbocycles. The zero-order chi connectivity index (χ0) is 14.8. The third-order valence-electron chi connectivity index (χ3n) is 3.77. The molecule has 21 heavy (non-hydrogen) atoms. The molecular weight excluding hydrogens is 268 g/mol. The lowest BCUT2D eigenvalue weighted by atomic mass is 10.0. The van der Waals surface area contributed by atoms with E-state index in [4.69, 9.17) is 0 Å². The monoisotopic (exact) mass is 286 g/mol. The molecule has 1 amide bonds. The summed E-state index contributed by atoms with van der Waals surface area (Å²) < 4.78 is 1.22. The second-order valence-corrected chi connectivity index (χ2v) is 5.52. The number of H-pyrrole nitrogens is 1. The molecule has 1 aliphatic heterocycles. The van der Waals surface area contributed by atoms with Crippen LogP contribution in [-0.2, 0) is 0 Å². The Morgan fingerprint density at radius 1 is 1.33 bits per heavy atom. The number of nitrogens with zero attached hydrogens (tertiary/aromatic N) is 3. The van der Waals surface area contributed by atoms with Crippen molar-refractivity contribution < 1.29 is 4.79 Å². The van der Waals surface area contributed by atoms with Gasteiger partial charge in [0.05, 0.1) is 5.69 Å². The van der Waals surface area contributed by atoms with Gasteiger partial charge in [0.1, 0.15) is 0 Å². The summed E-state index contributed by atoms with van der Waals surface area (Å²) in [4.78, 5) is 28.7. The molecule has 2 heterocycles. The highest BCUT2D eigenvalue weighted by Gasteiger charge is 2.25. The SMILES string of the molecule is CC1CCCN(C(=O)c2nn(-c3ccccc3)c(=O)[nH]2)C1. The summed E-state index contributed by atoms with van der Waals surface area (Å²) in [5.41, 5.74) is 0.249. The van der Waals surface area contributed by atoms with Gasteiger partial charge in [0, 0.05) is 13.1 Å². The van der Waals surface area contributed by atoms with Crippen molar-refractivity contribution in [3.05, 3.63) is 46.6 Å². The quantitative estimate of drug-likeness (QED) is 0.908. The summed E-state index contributed by atoms with van der Waals surface area (Å²) in [7, 11) is 0. The number of carbonyl (C=O) groups excluding carboxylic acids is 1. The number of hydrogen-bond acceptors (Lipinski definition) is 3. The average Bonchev–Trinajstić information content (AvgIpc) is 2.89. The minimum atomic E-state index is -0.394. The van der Waals surface area contributed by atoms with Crippen LogP contribution in [0.3, 0.4) is 0 Å². The van der Waals surface area contributed by atoms with Crippen LogP contribution in [0.25, 0.3) is 5.69 Å². The topological polar surface area (TPSA) is 71.0 Å². The van der Waals surface area contributed by atoms with E-state index in [1.165, 1.54) is 4.68 Å². The minimum Gasteiger partial charge on any atom is -0.336 e. The summed E-state index contributed by atoms with van der Waals surface area (Å²) in [6.07, 6.45) is 2.13. The van der Waals surface area contributed by atoms with Gasteiger partial charge in [0.25, 0.3) is 5.91 Å². The van der Waals surface area contributed by atoms with E-state index >= 15 is 0 Å². The number of benzene rings is 1. The van der Waals surface area contributed by atoms with Crippen LogP contribution >= 0.6 is 0 Å². The Kier molecular flexibility index (Phi) is 3.60. The molecule has 2 aromatic rings. The summed E-state index contributed by atoms with van der Waals surface area (Å²) in [6, 6.07) is 9.07. The first kappa shape index (κ1) is 13.6. The van der Waals surface area contributed by atoms with Gasteiger partial charge >= 0.3 is 5.69 Å². The highest BCUT2D eigenvalue weighted by atomic mass is 16.2. The zero-order valence-electron chi connectivity index (χ0n) is 12.0. The molecule has 3 rings (SSSR count). The van der Waals surface area contributed by atoms with Gasteiger partial charge in [-0.15, -0.1) is 5.10 Å². The minimum absolute atomic E-state index is 0.109.